The first-order chi connectivity index (χ1) is 13.2. The zero-order chi connectivity index (χ0) is 19.1. The second kappa shape index (κ2) is 9.87. The van der Waals surface area contributed by atoms with Crippen molar-refractivity contribution < 1.29 is 9.13 Å². The van der Waals surface area contributed by atoms with Crippen LogP contribution in [0.1, 0.15) is 76.7 Å². The highest BCUT2D eigenvalue weighted by atomic mass is 19.1. The van der Waals surface area contributed by atoms with E-state index in [2.05, 4.69) is 24.9 Å². The maximum atomic E-state index is 14.5. The predicted octanol–water partition coefficient (Wildman–Crippen LogP) is 7.14. The number of ether oxygens (including phenoxy) is 1. The second-order valence-corrected chi connectivity index (χ2v) is 7.83. The standard InChI is InChI=1S/C24H32FNO/c1-3-5-15-27-21-12-13-22(23(25)16-21)24-14-11-20(17-26-24)19-9-7-18(6-4-2)8-10-19/h11-14,16-19H,3-10,15H2,1-2H3/t18-,19-. The highest BCUT2D eigenvalue weighted by Gasteiger charge is 2.22. The van der Waals surface area contributed by atoms with E-state index in [9.17, 15) is 4.39 Å². The summed E-state index contributed by atoms with van der Waals surface area (Å²) in [6.45, 7) is 5.01. The summed E-state index contributed by atoms with van der Waals surface area (Å²) in [5.74, 6) is 1.83. The number of unbranched alkanes of at least 4 members (excludes halogenated alkanes) is 1. The number of aromatic nitrogens is 1. The van der Waals surface area contributed by atoms with Crippen molar-refractivity contribution in [2.75, 3.05) is 6.61 Å². The molecule has 1 saturated carbocycles. The van der Waals surface area contributed by atoms with Gasteiger partial charge in [-0.3, -0.25) is 4.98 Å². The van der Waals surface area contributed by atoms with Gasteiger partial charge in [-0.05, 0) is 67.7 Å². The van der Waals surface area contributed by atoms with Gasteiger partial charge in [0.15, 0.2) is 0 Å². The fourth-order valence-corrected chi connectivity index (χ4v) is 4.13. The van der Waals surface area contributed by atoms with E-state index in [-0.39, 0.29) is 5.82 Å². The van der Waals surface area contributed by atoms with Crippen LogP contribution in [0.4, 0.5) is 4.39 Å². The summed E-state index contributed by atoms with van der Waals surface area (Å²) in [5, 5.41) is 0. The molecule has 1 heterocycles. The Labute approximate surface area is 163 Å². The van der Waals surface area contributed by atoms with Gasteiger partial charge in [0.05, 0.1) is 12.3 Å². The molecule has 0 amide bonds. The molecule has 0 bridgehead atoms. The Morgan fingerprint density at radius 2 is 1.85 bits per heavy atom. The second-order valence-electron chi connectivity index (χ2n) is 7.83. The largest absolute Gasteiger partial charge is 0.493 e. The maximum absolute atomic E-state index is 14.5. The molecule has 0 unspecified atom stereocenters. The Hall–Kier alpha value is -1.90. The van der Waals surface area contributed by atoms with Crippen molar-refractivity contribution in [1.29, 1.82) is 0 Å². The molecule has 3 heteroatoms. The molecule has 0 atom stereocenters. The normalized spacial score (nSPS) is 19.8. The lowest BCUT2D eigenvalue weighted by atomic mass is 9.77. The summed E-state index contributed by atoms with van der Waals surface area (Å²) in [6.07, 6.45) is 11.8. The molecule has 0 aliphatic heterocycles. The lowest BCUT2D eigenvalue weighted by Gasteiger charge is -2.28. The molecule has 1 aromatic carbocycles. The minimum atomic E-state index is -0.274. The monoisotopic (exact) mass is 369 g/mol. The molecule has 1 aliphatic carbocycles. The Morgan fingerprint density at radius 1 is 1.04 bits per heavy atom. The minimum absolute atomic E-state index is 0.274. The molecule has 2 nitrogen and oxygen atoms in total. The zero-order valence-electron chi connectivity index (χ0n) is 16.7. The number of hydrogen-bond acceptors (Lipinski definition) is 2. The van der Waals surface area contributed by atoms with Gasteiger partial charge in [-0.1, -0.05) is 39.2 Å². The van der Waals surface area contributed by atoms with Crippen molar-refractivity contribution >= 4 is 0 Å². The summed E-state index contributed by atoms with van der Waals surface area (Å²) in [5.41, 5.74) is 2.53. The fourth-order valence-electron chi connectivity index (χ4n) is 4.13. The molecule has 0 radical (unpaired) electrons. The molecule has 0 saturated heterocycles. The van der Waals surface area contributed by atoms with Crippen molar-refractivity contribution in [3.63, 3.8) is 0 Å². The van der Waals surface area contributed by atoms with E-state index < -0.39 is 0 Å². The van der Waals surface area contributed by atoms with Crippen molar-refractivity contribution in [1.82, 2.24) is 4.98 Å². The molecule has 27 heavy (non-hydrogen) atoms. The Bertz CT molecular complexity index is 705. The van der Waals surface area contributed by atoms with Gasteiger partial charge in [0.25, 0.3) is 0 Å². The topological polar surface area (TPSA) is 22.1 Å². The highest BCUT2D eigenvalue weighted by molar-refractivity contribution is 5.61. The van der Waals surface area contributed by atoms with E-state index in [1.54, 1.807) is 6.07 Å². The summed E-state index contributed by atoms with van der Waals surface area (Å²) < 4.78 is 20.1. The van der Waals surface area contributed by atoms with Crippen LogP contribution in [-0.4, -0.2) is 11.6 Å². The quantitative estimate of drug-likeness (QED) is 0.461. The SMILES string of the molecule is CCCCOc1ccc(-c2ccc([C@H]3CC[C@H](CCC)CC3)cn2)c(F)c1. The summed E-state index contributed by atoms with van der Waals surface area (Å²) in [6, 6.07) is 9.17. The Morgan fingerprint density at radius 3 is 2.48 bits per heavy atom. The predicted molar refractivity (Wildman–Crippen MR) is 110 cm³/mol. The van der Waals surface area contributed by atoms with Crippen LogP contribution in [0, 0.1) is 11.7 Å². The van der Waals surface area contributed by atoms with Crippen LogP contribution in [0.25, 0.3) is 11.3 Å². The smallest absolute Gasteiger partial charge is 0.136 e. The minimum Gasteiger partial charge on any atom is -0.493 e. The molecule has 0 spiro atoms. The van der Waals surface area contributed by atoms with Crippen molar-refractivity contribution in [2.45, 2.75) is 71.1 Å². The molecule has 3 rings (SSSR count). The highest BCUT2D eigenvalue weighted by Crippen LogP contribution is 2.37. The van der Waals surface area contributed by atoms with E-state index in [0.717, 1.165) is 18.8 Å². The number of benzene rings is 1. The Balaban J connectivity index is 1.63. The third-order valence-corrected chi connectivity index (χ3v) is 5.78. The fraction of sp³-hybridized carbons (Fsp3) is 0.542. The zero-order valence-corrected chi connectivity index (χ0v) is 16.7. The van der Waals surface area contributed by atoms with Gasteiger partial charge in [-0.2, -0.15) is 0 Å². The molecular weight excluding hydrogens is 337 g/mol. The first-order valence-corrected chi connectivity index (χ1v) is 10.6. The van der Waals surface area contributed by atoms with Crippen LogP contribution in [0.3, 0.4) is 0 Å². The number of pyridine rings is 1. The number of rotatable bonds is 8. The van der Waals surface area contributed by atoms with Crippen LogP contribution in [-0.2, 0) is 0 Å². The molecular formula is C24H32FNO. The van der Waals surface area contributed by atoms with Crippen molar-refractivity contribution in [3.8, 4) is 17.0 Å². The number of nitrogens with zero attached hydrogens (tertiary/aromatic N) is 1. The van der Waals surface area contributed by atoms with Gasteiger partial charge in [0.1, 0.15) is 11.6 Å². The van der Waals surface area contributed by atoms with Crippen LogP contribution < -0.4 is 4.74 Å². The first-order valence-electron chi connectivity index (χ1n) is 10.6. The van der Waals surface area contributed by atoms with Crippen LogP contribution in [0.5, 0.6) is 5.75 Å². The molecule has 0 N–H and O–H groups in total. The first kappa shape index (κ1) is 19.9. The summed E-state index contributed by atoms with van der Waals surface area (Å²) in [7, 11) is 0. The van der Waals surface area contributed by atoms with Gasteiger partial charge in [0.2, 0.25) is 0 Å². The third-order valence-electron chi connectivity index (χ3n) is 5.78. The van der Waals surface area contributed by atoms with Crippen molar-refractivity contribution in [3.05, 3.63) is 47.9 Å². The average molecular weight is 370 g/mol. The van der Waals surface area contributed by atoms with Gasteiger partial charge in [-0.25, -0.2) is 4.39 Å². The summed E-state index contributed by atoms with van der Waals surface area (Å²) in [4.78, 5) is 4.56. The number of hydrogen-bond donors (Lipinski definition) is 0. The van der Waals surface area contributed by atoms with E-state index in [4.69, 9.17) is 4.74 Å². The molecule has 1 fully saturated rings. The third kappa shape index (κ3) is 5.31. The molecule has 1 aliphatic rings. The number of halogens is 1. The molecule has 146 valence electrons. The lowest BCUT2D eigenvalue weighted by Crippen LogP contribution is -2.13. The van der Waals surface area contributed by atoms with Crippen molar-refractivity contribution in [2.24, 2.45) is 5.92 Å². The summed E-state index contributed by atoms with van der Waals surface area (Å²) >= 11 is 0. The van der Waals surface area contributed by atoms with E-state index in [0.29, 0.717) is 29.5 Å². The van der Waals surface area contributed by atoms with Gasteiger partial charge in [-0.15, -0.1) is 0 Å². The molecule has 1 aromatic heterocycles. The van der Waals surface area contributed by atoms with Crippen LogP contribution in [0.15, 0.2) is 36.5 Å². The Kier molecular flexibility index (Phi) is 7.25. The maximum Gasteiger partial charge on any atom is 0.136 e. The van der Waals surface area contributed by atoms with Crippen LogP contribution >= 0.6 is 0 Å². The van der Waals surface area contributed by atoms with Gasteiger partial charge >= 0.3 is 0 Å². The van der Waals surface area contributed by atoms with E-state index in [1.807, 2.05) is 18.3 Å². The van der Waals surface area contributed by atoms with Crippen LogP contribution in [0.2, 0.25) is 0 Å². The molecule has 2 aromatic rings. The van der Waals surface area contributed by atoms with E-state index in [1.165, 1.54) is 50.2 Å². The van der Waals surface area contributed by atoms with Gasteiger partial charge < -0.3 is 4.74 Å². The lowest BCUT2D eigenvalue weighted by molar-refractivity contribution is 0.308. The van der Waals surface area contributed by atoms with Gasteiger partial charge in [0, 0.05) is 17.8 Å². The average Bonchev–Trinajstić information content (AvgIpc) is 2.69. The van der Waals surface area contributed by atoms with E-state index >= 15 is 0 Å².